The number of benzene rings is 1. The molecule has 2 N–H and O–H groups in total. The van der Waals surface area contributed by atoms with Gasteiger partial charge in [0.05, 0.1) is 15.8 Å². The first kappa shape index (κ1) is 12.0. The van der Waals surface area contributed by atoms with Crippen LogP contribution in [0.2, 0.25) is 0 Å². The number of hydrogen-bond donors (Lipinski definition) is 1. The summed E-state index contributed by atoms with van der Waals surface area (Å²) in [5.74, 6) is 0. The molecule has 0 saturated carbocycles. The molecule has 0 amide bonds. The minimum Gasteiger partial charge on any atom is -0.320 e. The summed E-state index contributed by atoms with van der Waals surface area (Å²) in [5, 5.41) is 1.03. The van der Waals surface area contributed by atoms with Crippen LogP contribution in [0.25, 0.3) is 10.2 Å². The van der Waals surface area contributed by atoms with Crippen LogP contribution in [0.15, 0.2) is 22.7 Å². The van der Waals surface area contributed by atoms with E-state index >= 15 is 0 Å². The van der Waals surface area contributed by atoms with Crippen molar-refractivity contribution in [3.8, 4) is 0 Å². The number of hydrogen-bond acceptors (Lipinski definition) is 3. The summed E-state index contributed by atoms with van der Waals surface area (Å²) in [7, 11) is 0. The predicted molar refractivity (Wildman–Crippen MR) is 73.8 cm³/mol. The molecule has 2 nitrogen and oxygen atoms in total. The zero-order valence-corrected chi connectivity index (χ0v) is 11.9. The number of rotatable bonds is 3. The van der Waals surface area contributed by atoms with Gasteiger partial charge in [0, 0.05) is 4.47 Å². The third-order valence-electron chi connectivity index (χ3n) is 2.61. The molecule has 0 aliphatic rings. The zero-order valence-electron chi connectivity index (χ0n) is 9.46. The van der Waals surface area contributed by atoms with Gasteiger partial charge in [-0.1, -0.05) is 29.3 Å². The molecular formula is C12H15BrN2S. The van der Waals surface area contributed by atoms with Crippen molar-refractivity contribution in [1.82, 2.24) is 4.98 Å². The number of nitrogens with two attached hydrogens (primary N) is 1. The van der Waals surface area contributed by atoms with Gasteiger partial charge in [0.2, 0.25) is 0 Å². The number of nitrogens with zero attached hydrogens (tertiary/aromatic N) is 1. The zero-order chi connectivity index (χ0) is 11.8. The van der Waals surface area contributed by atoms with Crippen LogP contribution in [0.4, 0.5) is 0 Å². The highest BCUT2D eigenvalue weighted by Crippen LogP contribution is 2.32. The largest absolute Gasteiger partial charge is 0.320 e. The van der Waals surface area contributed by atoms with E-state index in [1.807, 2.05) is 12.1 Å². The molecule has 86 valence electrons. The summed E-state index contributed by atoms with van der Waals surface area (Å²) < 4.78 is 2.26. The summed E-state index contributed by atoms with van der Waals surface area (Å²) in [6.07, 6.45) is 2.04. The lowest BCUT2D eigenvalue weighted by Crippen LogP contribution is -2.32. The molecule has 2 rings (SSSR count). The van der Waals surface area contributed by atoms with Crippen molar-refractivity contribution in [2.75, 3.05) is 0 Å². The Bertz CT molecular complexity index is 505. The Labute approximate surface area is 108 Å². The van der Waals surface area contributed by atoms with Gasteiger partial charge in [0.1, 0.15) is 5.01 Å². The number of halogens is 1. The van der Waals surface area contributed by atoms with Gasteiger partial charge in [-0.05, 0) is 31.5 Å². The van der Waals surface area contributed by atoms with Crippen molar-refractivity contribution in [2.45, 2.75) is 32.2 Å². The topological polar surface area (TPSA) is 38.9 Å². The van der Waals surface area contributed by atoms with Gasteiger partial charge in [-0.2, -0.15) is 0 Å². The maximum Gasteiger partial charge on any atom is 0.113 e. The minimum absolute atomic E-state index is 0.301. The van der Waals surface area contributed by atoms with E-state index < -0.39 is 0 Å². The Morgan fingerprint density at radius 2 is 2.25 bits per heavy atom. The molecular weight excluding hydrogens is 284 g/mol. The fourth-order valence-corrected chi connectivity index (χ4v) is 3.15. The van der Waals surface area contributed by atoms with Crippen LogP contribution in [-0.2, 0) is 5.54 Å². The summed E-state index contributed by atoms with van der Waals surface area (Å²) in [5.41, 5.74) is 7.02. The third kappa shape index (κ3) is 2.29. The second-order valence-corrected chi connectivity index (χ2v) is 6.24. The average Bonchev–Trinajstić information content (AvgIpc) is 2.61. The Kier molecular flexibility index (Phi) is 3.33. The molecule has 1 aromatic heterocycles. The molecule has 0 radical (unpaired) electrons. The van der Waals surface area contributed by atoms with E-state index in [1.165, 1.54) is 4.70 Å². The number of aromatic nitrogens is 1. The highest BCUT2D eigenvalue weighted by atomic mass is 79.9. The predicted octanol–water partition coefficient (Wildman–Crippen LogP) is 4.03. The standard InChI is InChI=1S/C12H15BrN2S/c1-3-6-12(2,14)11-15-9-7-8(13)4-5-10(9)16-11/h4-5,7H,3,6,14H2,1-2H3. The Balaban J connectivity index is 2.46. The van der Waals surface area contributed by atoms with E-state index in [0.29, 0.717) is 0 Å². The first-order valence-corrected chi connectivity index (χ1v) is 6.99. The smallest absolute Gasteiger partial charge is 0.113 e. The molecule has 0 bridgehead atoms. The molecule has 0 aliphatic carbocycles. The van der Waals surface area contributed by atoms with Crippen LogP contribution in [0.1, 0.15) is 31.7 Å². The van der Waals surface area contributed by atoms with Gasteiger partial charge >= 0.3 is 0 Å². The van der Waals surface area contributed by atoms with Crippen molar-refractivity contribution < 1.29 is 0 Å². The lowest BCUT2D eigenvalue weighted by atomic mass is 9.99. The van der Waals surface area contributed by atoms with Crippen molar-refractivity contribution in [3.63, 3.8) is 0 Å². The van der Waals surface area contributed by atoms with Gasteiger partial charge in [0.15, 0.2) is 0 Å². The Morgan fingerprint density at radius 3 is 2.94 bits per heavy atom. The highest BCUT2D eigenvalue weighted by molar-refractivity contribution is 9.10. The van der Waals surface area contributed by atoms with E-state index in [2.05, 4.69) is 40.8 Å². The summed E-state index contributed by atoms with van der Waals surface area (Å²) >= 11 is 5.15. The minimum atomic E-state index is -0.301. The van der Waals surface area contributed by atoms with E-state index in [-0.39, 0.29) is 5.54 Å². The fourth-order valence-electron chi connectivity index (χ4n) is 1.77. The van der Waals surface area contributed by atoms with Gasteiger partial charge in [-0.3, -0.25) is 0 Å². The molecule has 1 atom stereocenters. The summed E-state index contributed by atoms with van der Waals surface area (Å²) in [4.78, 5) is 4.63. The van der Waals surface area contributed by atoms with Crippen LogP contribution >= 0.6 is 27.3 Å². The summed E-state index contributed by atoms with van der Waals surface area (Å²) in [6, 6.07) is 6.16. The number of thiazole rings is 1. The lowest BCUT2D eigenvalue weighted by molar-refractivity contribution is 0.445. The second-order valence-electron chi connectivity index (χ2n) is 4.30. The maximum absolute atomic E-state index is 6.29. The first-order chi connectivity index (χ1) is 7.53. The van der Waals surface area contributed by atoms with Crippen LogP contribution < -0.4 is 5.73 Å². The Hall–Kier alpha value is -0.450. The van der Waals surface area contributed by atoms with Crippen molar-refractivity contribution >= 4 is 37.5 Å². The van der Waals surface area contributed by atoms with Gasteiger partial charge in [-0.15, -0.1) is 11.3 Å². The van der Waals surface area contributed by atoms with Crippen molar-refractivity contribution in [3.05, 3.63) is 27.7 Å². The molecule has 1 heterocycles. The highest BCUT2D eigenvalue weighted by Gasteiger charge is 2.24. The van der Waals surface area contributed by atoms with E-state index in [4.69, 9.17) is 5.73 Å². The van der Waals surface area contributed by atoms with Gasteiger partial charge in [-0.25, -0.2) is 4.98 Å². The van der Waals surface area contributed by atoms with Crippen LogP contribution in [0.3, 0.4) is 0 Å². The molecule has 0 spiro atoms. The first-order valence-electron chi connectivity index (χ1n) is 5.38. The van der Waals surface area contributed by atoms with Gasteiger partial charge in [0.25, 0.3) is 0 Å². The molecule has 2 aromatic rings. The van der Waals surface area contributed by atoms with Crippen LogP contribution in [0, 0.1) is 0 Å². The van der Waals surface area contributed by atoms with E-state index in [1.54, 1.807) is 11.3 Å². The quantitative estimate of drug-likeness (QED) is 0.929. The van der Waals surface area contributed by atoms with Crippen LogP contribution in [0.5, 0.6) is 0 Å². The molecule has 0 aliphatic heterocycles. The van der Waals surface area contributed by atoms with Crippen molar-refractivity contribution in [2.24, 2.45) is 5.73 Å². The van der Waals surface area contributed by atoms with Crippen LogP contribution in [-0.4, -0.2) is 4.98 Å². The fraction of sp³-hybridized carbons (Fsp3) is 0.417. The average molecular weight is 299 g/mol. The van der Waals surface area contributed by atoms with Crippen molar-refractivity contribution in [1.29, 1.82) is 0 Å². The molecule has 1 unspecified atom stereocenters. The summed E-state index contributed by atoms with van der Waals surface area (Å²) in [6.45, 7) is 4.21. The molecule has 4 heteroatoms. The molecule has 16 heavy (non-hydrogen) atoms. The maximum atomic E-state index is 6.29. The second kappa shape index (κ2) is 4.43. The SMILES string of the molecule is CCCC(C)(N)c1nc2cc(Br)ccc2s1. The third-order valence-corrected chi connectivity index (χ3v) is 4.42. The Morgan fingerprint density at radius 1 is 1.50 bits per heavy atom. The molecule has 0 fully saturated rings. The monoisotopic (exact) mass is 298 g/mol. The van der Waals surface area contributed by atoms with Gasteiger partial charge < -0.3 is 5.73 Å². The van der Waals surface area contributed by atoms with E-state index in [9.17, 15) is 0 Å². The molecule has 1 aromatic carbocycles. The normalized spacial score (nSPS) is 15.2. The number of fused-ring (bicyclic) bond motifs is 1. The van der Waals surface area contributed by atoms with E-state index in [0.717, 1.165) is 27.8 Å². The lowest BCUT2D eigenvalue weighted by Gasteiger charge is -2.20. The molecule has 0 saturated heterocycles.